The molecular weight excluding hydrogens is 1010 g/mol. The molecule has 0 fully saturated rings. The van der Waals surface area contributed by atoms with Crippen molar-refractivity contribution in [2.75, 3.05) is 13.2 Å². The second-order valence-electron chi connectivity index (χ2n) is 23.1. The zero-order chi connectivity index (χ0) is 59.2. The van der Waals surface area contributed by atoms with Gasteiger partial charge in [0.05, 0.1) is 0 Å². The number of ether oxygens (including phenoxy) is 3. The lowest BCUT2D eigenvalue weighted by atomic mass is 10.0. The second-order valence-corrected chi connectivity index (χ2v) is 23.1. The van der Waals surface area contributed by atoms with Crippen LogP contribution in [0.3, 0.4) is 0 Å². The largest absolute Gasteiger partial charge is 0.462 e. The molecular formula is C76H130O6. The van der Waals surface area contributed by atoms with Crippen LogP contribution in [0.5, 0.6) is 0 Å². The molecule has 1 atom stereocenters. The number of carbonyl (C=O) groups is 3. The van der Waals surface area contributed by atoms with Crippen molar-refractivity contribution in [1.29, 1.82) is 0 Å². The van der Waals surface area contributed by atoms with Gasteiger partial charge in [-0.2, -0.15) is 0 Å². The van der Waals surface area contributed by atoms with Crippen molar-refractivity contribution in [2.45, 2.75) is 341 Å². The van der Waals surface area contributed by atoms with Crippen LogP contribution in [-0.2, 0) is 28.6 Å². The van der Waals surface area contributed by atoms with Crippen molar-refractivity contribution in [3.05, 3.63) is 109 Å². The summed E-state index contributed by atoms with van der Waals surface area (Å²) < 4.78 is 16.9. The fourth-order valence-corrected chi connectivity index (χ4v) is 9.82. The number of hydrogen-bond acceptors (Lipinski definition) is 6. The molecule has 0 heterocycles. The number of hydrogen-bond donors (Lipinski definition) is 0. The van der Waals surface area contributed by atoms with Gasteiger partial charge in [0, 0.05) is 19.3 Å². The Hall–Kier alpha value is -3.93. The van der Waals surface area contributed by atoms with Crippen LogP contribution in [0, 0.1) is 0 Å². The summed E-state index contributed by atoms with van der Waals surface area (Å²) >= 11 is 0. The van der Waals surface area contributed by atoms with Crippen molar-refractivity contribution < 1.29 is 28.6 Å². The predicted molar refractivity (Wildman–Crippen MR) is 357 cm³/mol. The Morgan fingerprint density at radius 1 is 0.256 bits per heavy atom. The molecule has 0 bridgehead atoms. The third-order valence-electron chi connectivity index (χ3n) is 15.0. The van der Waals surface area contributed by atoms with Gasteiger partial charge in [-0.15, -0.1) is 0 Å². The summed E-state index contributed by atoms with van der Waals surface area (Å²) in [5, 5.41) is 0. The first kappa shape index (κ1) is 78.1. The number of carbonyl (C=O) groups excluding carboxylic acids is 3. The molecule has 6 nitrogen and oxygen atoms in total. The summed E-state index contributed by atoms with van der Waals surface area (Å²) in [6, 6.07) is 0. The molecule has 0 aliphatic heterocycles. The molecule has 0 radical (unpaired) electrons. The number of esters is 3. The van der Waals surface area contributed by atoms with Gasteiger partial charge in [-0.05, 0) is 103 Å². The first-order valence-corrected chi connectivity index (χ1v) is 34.9. The lowest BCUT2D eigenvalue weighted by Crippen LogP contribution is -2.30. The third kappa shape index (κ3) is 66.9. The minimum absolute atomic E-state index is 0.0947. The van der Waals surface area contributed by atoms with Crippen molar-refractivity contribution in [1.82, 2.24) is 0 Å². The van der Waals surface area contributed by atoms with E-state index in [-0.39, 0.29) is 37.5 Å². The molecule has 0 amide bonds. The zero-order valence-corrected chi connectivity index (χ0v) is 54.0. The van der Waals surface area contributed by atoms with Gasteiger partial charge >= 0.3 is 17.9 Å². The van der Waals surface area contributed by atoms with E-state index in [0.29, 0.717) is 19.3 Å². The van der Waals surface area contributed by atoms with Crippen LogP contribution >= 0.6 is 0 Å². The number of unbranched alkanes of at least 4 members (excludes halogenated alkanes) is 34. The molecule has 1 unspecified atom stereocenters. The Morgan fingerprint density at radius 3 is 0.793 bits per heavy atom. The molecule has 0 aromatic carbocycles. The summed E-state index contributed by atoms with van der Waals surface area (Å²) in [4.78, 5) is 38.5. The smallest absolute Gasteiger partial charge is 0.306 e. The maximum absolute atomic E-state index is 13.0. The zero-order valence-electron chi connectivity index (χ0n) is 54.0. The van der Waals surface area contributed by atoms with E-state index >= 15 is 0 Å². The topological polar surface area (TPSA) is 78.9 Å². The Bertz CT molecular complexity index is 1640. The van der Waals surface area contributed by atoms with Crippen LogP contribution in [0.25, 0.3) is 0 Å². The molecule has 6 heteroatoms. The van der Waals surface area contributed by atoms with E-state index in [9.17, 15) is 14.4 Å². The standard InChI is InChI=1S/C76H130O6/c1-4-7-10-13-16-19-22-25-28-31-34-36-38-40-42-45-48-51-54-57-60-63-66-69-75(78)81-72-73(71-80-74(77)68-65-62-59-56-53-50-47-44-33-30-27-24-21-18-15-12-9-6-3)82-76(79)70-67-64-61-58-55-52-49-46-43-41-39-37-35-32-29-26-23-20-17-14-11-8-5-2/h7,10,16,19,23,25-26,28,32,34-36,40,42,48,51,57,60,73H,4-6,8-9,11-15,17-18,20-22,24,27,29-31,33,37-39,41,43-47,49-50,52-56,58-59,61-72H2,1-3H3/b10-7-,19-16-,26-23-,28-25-,35-32-,36-34-,42-40-,51-48-,60-57-. The molecule has 0 aliphatic carbocycles. The average molecular weight is 1140 g/mol. The minimum Gasteiger partial charge on any atom is -0.462 e. The average Bonchev–Trinajstić information content (AvgIpc) is 3.47. The first-order chi connectivity index (χ1) is 40.5. The minimum atomic E-state index is -0.805. The van der Waals surface area contributed by atoms with Gasteiger partial charge in [-0.25, -0.2) is 0 Å². The molecule has 0 saturated carbocycles. The van der Waals surface area contributed by atoms with E-state index in [2.05, 4.69) is 130 Å². The molecule has 470 valence electrons. The summed E-state index contributed by atoms with van der Waals surface area (Å²) in [7, 11) is 0. The van der Waals surface area contributed by atoms with Crippen molar-refractivity contribution in [3.63, 3.8) is 0 Å². The molecule has 0 N–H and O–H groups in total. The fourth-order valence-electron chi connectivity index (χ4n) is 9.82. The van der Waals surface area contributed by atoms with Crippen LogP contribution in [-0.4, -0.2) is 37.2 Å². The number of rotatable bonds is 63. The summed E-state index contributed by atoms with van der Waals surface area (Å²) in [5.74, 6) is -0.944. The SMILES string of the molecule is CC/C=C\C/C=C\C/C=C\C/C=C\C/C=C\C/C=C\C/C=C\CCCC(=O)OCC(COC(=O)CCCCCCCCCCCCCCCCCCCC)OC(=O)CCCCCCCCCCCCC/C=C\C/C=C\CCCCCCC. The highest BCUT2D eigenvalue weighted by Gasteiger charge is 2.19. The molecule has 0 aromatic rings. The van der Waals surface area contributed by atoms with E-state index in [1.807, 2.05) is 0 Å². The van der Waals surface area contributed by atoms with Gasteiger partial charge in [-0.3, -0.25) is 14.4 Å². The highest BCUT2D eigenvalue weighted by molar-refractivity contribution is 5.71. The Kier molecular flexibility index (Phi) is 66.2. The lowest BCUT2D eigenvalue weighted by molar-refractivity contribution is -0.167. The van der Waals surface area contributed by atoms with Gasteiger partial charge in [0.25, 0.3) is 0 Å². The van der Waals surface area contributed by atoms with Crippen molar-refractivity contribution in [3.8, 4) is 0 Å². The van der Waals surface area contributed by atoms with Gasteiger partial charge in [0.1, 0.15) is 13.2 Å². The van der Waals surface area contributed by atoms with Crippen LogP contribution in [0.4, 0.5) is 0 Å². The normalized spacial score (nSPS) is 12.8. The van der Waals surface area contributed by atoms with E-state index in [0.717, 1.165) is 96.3 Å². The van der Waals surface area contributed by atoms with Gasteiger partial charge in [0.15, 0.2) is 6.10 Å². The van der Waals surface area contributed by atoms with E-state index in [1.54, 1.807) is 0 Å². The lowest BCUT2D eigenvalue weighted by Gasteiger charge is -2.18. The predicted octanol–water partition coefficient (Wildman–Crippen LogP) is 24.2. The van der Waals surface area contributed by atoms with Crippen LogP contribution in [0.15, 0.2) is 109 Å². The fraction of sp³-hybridized carbons (Fsp3) is 0.724. The Balaban J connectivity index is 4.46. The van der Waals surface area contributed by atoms with Gasteiger partial charge in [0.2, 0.25) is 0 Å². The highest BCUT2D eigenvalue weighted by Crippen LogP contribution is 2.17. The Morgan fingerprint density at radius 2 is 0.488 bits per heavy atom. The summed E-state index contributed by atoms with van der Waals surface area (Å²) in [6.45, 7) is 6.51. The quantitative estimate of drug-likeness (QED) is 0.0261. The molecule has 0 saturated heterocycles. The van der Waals surface area contributed by atoms with E-state index in [1.165, 1.54) is 193 Å². The van der Waals surface area contributed by atoms with Gasteiger partial charge < -0.3 is 14.2 Å². The summed E-state index contributed by atoms with van der Waals surface area (Å²) in [5.41, 5.74) is 0. The van der Waals surface area contributed by atoms with Crippen LogP contribution in [0.2, 0.25) is 0 Å². The van der Waals surface area contributed by atoms with Crippen molar-refractivity contribution in [2.24, 2.45) is 0 Å². The molecule has 0 rings (SSSR count). The van der Waals surface area contributed by atoms with Gasteiger partial charge in [-0.1, -0.05) is 323 Å². The highest BCUT2D eigenvalue weighted by atomic mass is 16.6. The number of allylic oxidation sites excluding steroid dienone is 18. The van der Waals surface area contributed by atoms with Crippen molar-refractivity contribution >= 4 is 17.9 Å². The third-order valence-corrected chi connectivity index (χ3v) is 15.0. The molecule has 82 heavy (non-hydrogen) atoms. The second kappa shape index (κ2) is 69.6. The molecule has 0 aliphatic rings. The van der Waals surface area contributed by atoms with Crippen LogP contribution < -0.4 is 0 Å². The summed E-state index contributed by atoms with van der Waals surface area (Å²) in [6.07, 6.45) is 95.4. The maximum atomic E-state index is 13.0. The van der Waals surface area contributed by atoms with E-state index in [4.69, 9.17) is 14.2 Å². The first-order valence-electron chi connectivity index (χ1n) is 34.9. The maximum Gasteiger partial charge on any atom is 0.306 e. The Labute approximate surface area is 508 Å². The monoisotopic (exact) mass is 1140 g/mol. The molecule has 0 aromatic heterocycles. The van der Waals surface area contributed by atoms with E-state index < -0.39 is 6.10 Å². The van der Waals surface area contributed by atoms with Crippen LogP contribution in [0.1, 0.15) is 335 Å². The molecule has 0 spiro atoms.